The van der Waals surface area contributed by atoms with Crippen LogP contribution in [0.1, 0.15) is 40.9 Å². The standard InChI is InChI=1S/C27H24Cl2N4O3/c1-17(2)25(32-26(34)23-12-9-21(28)13-24(23)29)27(35)33-31-15-18-7-10-22(11-8-18)36-16-20-6-4-3-5-19(20)14-30/h3-13,15,17,25H,16H2,1-2H3,(H,32,34)(H,33,35)/b31-15+. The van der Waals surface area contributed by atoms with Gasteiger partial charge in [-0.3, -0.25) is 9.59 Å². The zero-order valence-corrected chi connectivity index (χ0v) is 21.2. The molecule has 36 heavy (non-hydrogen) atoms. The first-order valence-electron chi connectivity index (χ1n) is 11.1. The lowest BCUT2D eigenvalue weighted by Gasteiger charge is -2.20. The summed E-state index contributed by atoms with van der Waals surface area (Å²) >= 11 is 12.0. The van der Waals surface area contributed by atoms with E-state index in [0.717, 1.165) is 11.1 Å². The molecule has 1 unspecified atom stereocenters. The van der Waals surface area contributed by atoms with Gasteiger partial charge in [0.15, 0.2) is 0 Å². The molecule has 0 spiro atoms. The van der Waals surface area contributed by atoms with Gasteiger partial charge in [-0.2, -0.15) is 10.4 Å². The van der Waals surface area contributed by atoms with Crippen molar-refractivity contribution in [3.05, 3.63) is 99.0 Å². The Hall–Kier alpha value is -3.86. The van der Waals surface area contributed by atoms with Crippen molar-refractivity contribution in [3.63, 3.8) is 0 Å². The van der Waals surface area contributed by atoms with E-state index in [9.17, 15) is 14.9 Å². The van der Waals surface area contributed by atoms with Gasteiger partial charge >= 0.3 is 0 Å². The van der Waals surface area contributed by atoms with Gasteiger partial charge in [-0.05, 0) is 60.0 Å². The molecule has 3 aromatic carbocycles. The summed E-state index contributed by atoms with van der Waals surface area (Å²) in [5, 5.41) is 16.5. The SMILES string of the molecule is CC(C)C(NC(=O)c1ccc(Cl)cc1Cl)C(=O)N/N=C/c1ccc(OCc2ccccc2C#N)cc1. The minimum absolute atomic E-state index is 0.196. The molecule has 3 rings (SSSR count). The molecule has 0 aromatic heterocycles. The van der Waals surface area contributed by atoms with Crippen molar-refractivity contribution in [2.45, 2.75) is 26.5 Å². The van der Waals surface area contributed by atoms with Crippen molar-refractivity contribution < 1.29 is 14.3 Å². The lowest BCUT2D eigenvalue weighted by Crippen LogP contribution is -2.48. The van der Waals surface area contributed by atoms with Gasteiger partial charge in [0.2, 0.25) is 0 Å². The third-order valence-corrected chi connectivity index (χ3v) is 5.76. The molecule has 7 nitrogen and oxygen atoms in total. The van der Waals surface area contributed by atoms with Crippen LogP contribution >= 0.6 is 23.2 Å². The molecule has 0 radical (unpaired) electrons. The predicted octanol–water partition coefficient (Wildman–Crippen LogP) is 5.35. The number of nitriles is 1. The molecule has 3 aromatic rings. The molecule has 0 saturated carbocycles. The monoisotopic (exact) mass is 522 g/mol. The number of hydrogen-bond acceptors (Lipinski definition) is 5. The molecule has 0 aliphatic heterocycles. The molecule has 0 aliphatic carbocycles. The number of carbonyl (C=O) groups excluding carboxylic acids is 2. The van der Waals surface area contributed by atoms with Crippen molar-refractivity contribution in [3.8, 4) is 11.8 Å². The third-order valence-electron chi connectivity index (χ3n) is 5.21. The number of hydrazone groups is 1. The summed E-state index contributed by atoms with van der Waals surface area (Å²) in [6.45, 7) is 3.90. The first kappa shape index (κ1) is 26.7. The highest BCUT2D eigenvalue weighted by Gasteiger charge is 2.25. The smallest absolute Gasteiger partial charge is 0.262 e. The van der Waals surface area contributed by atoms with Gasteiger partial charge in [0.25, 0.3) is 11.8 Å². The number of halogens is 2. The largest absolute Gasteiger partial charge is 0.489 e. The summed E-state index contributed by atoms with van der Waals surface area (Å²) in [6, 6.07) is 20.2. The number of amides is 2. The van der Waals surface area contributed by atoms with E-state index >= 15 is 0 Å². The van der Waals surface area contributed by atoms with E-state index < -0.39 is 17.9 Å². The van der Waals surface area contributed by atoms with E-state index in [0.29, 0.717) is 16.3 Å². The Balaban J connectivity index is 1.56. The fourth-order valence-electron chi connectivity index (χ4n) is 3.23. The summed E-state index contributed by atoms with van der Waals surface area (Å²) in [7, 11) is 0. The highest BCUT2D eigenvalue weighted by Crippen LogP contribution is 2.21. The summed E-state index contributed by atoms with van der Waals surface area (Å²) in [5.74, 6) is -0.511. The number of hydrogen-bond donors (Lipinski definition) is 2. The fourth-order valence-corrected chi connectivity index (χ4v) is 3.73. The number of rotatable bonds is 9. The lowest BCUT2D eigenvalue weighted by molar-refractivity contribution is -0.123. The average molecular weight is 523 g/mol. The van der Waals surface area contributed by atoms with E-state index in [1.54, 1.807) is 36.4 Å². The van der Waals surface area contributed by atoms with E-state index in [1.165, 1.54) is 18.3 Å². The highest BCUT2D eigenvalue weighted by molar-refractivity contribution is 6.36. The molecule has 184 valence electrons. The van der Waals surface area contributed by atoms with Gasteiger partial charge in [-0.15, -0.1) is 0 Å². The number of carbonyl (C=O) groups is 2. The van der Waals surface area contributed by atoms with E-state index in [-0.39, 0.29) is 23.1 Å². The van der Waals surface area contributed by atoms with Crippen LogP contribution in [0.5, 0.6) is 5.75 Å². The van der Waals surface area contributed by atoms with E-state index in [2.05, 4.69) is 21.9 Å². The van der Waals surface area contributed by atoms with Crippen molar-refractivity contribution in [2.24, 2.45) is 11.0 Å². The summed E-state index contributed by atoms with van der Waals surface area (Å²) < 4.78 is 5.76. The minimum Gasteiger partial charge on any atom is -0.489 e. The van der Waals surface area contributed by atoms with Crippen LogP contribution in [0.2, 0.25) is 10.0 Å². The normalized spacial score (nSPS) is 11.7. The number of nitrogens with zero attached hydrogens (tertiary/aromatic N) is 2. The molecular weight excluding hydrogens is 499 g/mol. The van der Waals surface area contributed by atoms with Crippen molar-refractivity contribution in [1.29, 1.82) is 5.26 Å². The van der Waals surface area contributed by atoms with Crippen LogP contribution in [0.15, 0.2) is 71.8 Å². The van der Waals surface area contributed by atoms with Crippen LogP contribution in [-0.4, -0.2) is 24.1 Å². The second-order valence-corrected chi connectivity index (χ2v) is 9.02. The number of benzene rings is 3. The Morgan fingerprint density at radius 2 is 1.81 bits per heavy atom. The Bertz CT molecular complexity index is 1300. The van der Waals surface area contributed by atoms with E-state index in [4.69, 9.17) is 27.9 Å². The van der Waals surface area contributed by atoms with Crippen LogP contribution in [0.3, 0.4) is 0 Å². The Labute approximate surface area is 219 Å². The average Bonchev–Trinajstić information content (AvgIpc) is 2.86. The van der Waals surface area contributed by atoms with Crippen LogP contribution < -0.4 is 15.5 Å². The van der Waals surface area contributed by atoms with Gasteiger partial charge in [0.05, 0.1) is 28.4 Å². The lowest BCUT2D eigenvalue weighted by atomic mass is 10.0. The van der Waals surface area contributed by atoms with Crippen molar-refractivity contribution in [1.82, 2.24) is 10.7 Å². The van der Waals surface area contributed by atoms with Crippen molar-refractivity contribution >= 4 is 41.2 Å². The molecule has 1 atom stereocenters. The van der Waals surface area contributed by atoms with Crippen molar-refractivity contribution in [2.75, 3.05) is 0 Å². The first-order chi connectivity index (χ1) is 17.3. The molecule has 0 aliphatic rings. The molecule has 0 heterocycles. The van der Waals surface area contributed by atoms with Gasteiger partial charge in [-0.25, -0.2) is 5.43 Å². The predicted molar refractivity (Wildman–Crippen MR) is 140 cm³/mol. The summed E-state index contributed by atoms with van der Waals surface area (Å²) in [6.07, 6.45) is 1.49. The quantitative estimate of drug-likeness (QED) is 0.292. The molecule has 0 bridgehead atoms. The molecule has 0 saturated heterocycles. The minimum atomic E-state index is -0.826. The molecular formula is C27H24Cl2N4O3. The molecule has 2 amide bonds. The summed E-state index contributed by atoms with van der Waals surface area (Å²) in [5.41, 5.74) is 4.80. The molecule has 9 heteroatoms. The molecule has 0 fully saturated rings. The van der Waals surface area contributed by atoms with Crippen LogP contribution in [-0.2, 0) is 11.4 Å². The maximum absolute atomic E-state index is 12.7. The van der Waals surface area contributed by atoms with Gasteiger partial charge in [0.1, 0.15) is 18.4 Å². The maximum atomic E-state index is 12.7. The number of nitrogens with one attached hydrogen (secondary N) is 2. The number of ether oxygens (including phenoxy) is 1. The zero-order chi connectivity index (χ0) is 26.1. The third kappa shape index (κ3) is 7.32. The van der Waals surface area contributed by atoms with Gasteiger partial charge in [-0.1, -0.05) is 55.2 Å². The Kier molecular flexibility index (Phi) is 9.46. The molecule has 2 N–H and O–H groups in total. The van der Waals surface area contributed by atoms with Crippen LogP contribution in [0.25, 0.3) is 0 Å². The fraction of sp³-hybridized carbons (Fsp3) is 0.185. The highest BCUT2D eigenvalue weighted by atomic mass is 35.5. The summed E-state index contributed by atoms with van der Waals surface area (Å²) in [4.78, 5) is 25.3. The zero-order valence-electron chi connectivity index (χ0n) is 19.7. The van der Waals surface area contributed by atoms with Gasteiger partial charge < -0.3 is 10.1 Å². The van der Waals surface area contributed by atoms with Crippen LogP contribution in [0, 0.1) is 17.2 Å². The van der Waals surface area contributed by atoms with Crippen LogP contribution in [0.4, 0.5) is 0 Å². The Morgan fingerprint density at radius 3 is 2.47 bits per heavy atom. The van der Waals surface area contributed by atoms with E-state index in [1.807, 2.05) is 32.0 Å². The Morgan fingerprint density at radius 1 is 1.08 bits per heavy atom. The topological polar surface area (TPSA) is 104 Å². The second kappa shape index (κ2) is 12.7. The maximum Gasteiger partial charge on any atom is 0.262 e. The first-order valence-corrected chi connectivity index (χ1v) is 11.8. The second-order valence-electron chi connectivity index (χ2n) is 8.18. The van der Waals surface area contributed by atoms with Gasteiger partial charge in [0, 0.05) is 10.6 Å².